The third-order valence-electron chi connectivity index (χ3n) is 5.31. The van der Waals surface area contributed by atoms with E-state index in [0.29, 0.717) is 57.2 Å². The molecule has 0 bridgehead atoms. The number of hydrogen-bond acceptors (Lipinski definition) is 5. The number of aryl methyl sites for hydroxylation is 3. The van der Waals surface area contributed by atoms with Crippen LogP contribution in [0.3, 0.4) is 0 Å². The molecule has 0 unspecified atom stereocenters. The molecule has 4 rings (SSSR count). The van der Waals surface area contributed by atoms with Crippen LogP contribution in [0, 0.1) is 26.2 Å². The first-order valence-electron chi connectivity index (χ1n) is 10.7. The largest absolute Gasteiger partial charge is 0.489 e. The summed E-state index contributed by atoms with van der Waals surface area (Å²) >= 11 is 1.73. The number of terminal acetylenes is 1. The summed E-state index contributed by atoms with van der Waals surface area (Å²) in [6.45, 7) is 6.45. The SMILES string of the molecule is C#CCCOc1cc(-c2ccc(C)s2)cc2c1OCCN(C(=O)CCn1ccc(C)n1)C2. The highest BCUT2D eigenvalue weighted by Gasteiger charge is 2.24. The molecule has 0 aliphatic carbocycles. The Morgan fingerprint density at radius 1 is 1.31 bits per heavy atom. The number of amides is 1. The van der Waals surface area contributed by atoms with Gasteiger partial charge in [-0.05, 0) is 49.7 Å². The molecule has 1 aliphatic heterocycles. The molecule has 3 aromatic rings. The molecule has 32 heavy (non-hydrogen) atoms. The summed E-state index contributed by atoms with van der Waals surface area (Å²) in [5.41, 5.74) is 2.95. The van der Waals surface area contributed by atoms with Gasteiger partial charge in [-0.3, -0.25) is 9.48 Å². The molecule has 0 saturated heterocycles. The van der Waals surface area contributed by atoms with Crippen LogP contribution in [0.4, 0.5) is 0 Å². The zero-order valence-electron chi connectivity index (χ0n) is 18.5. The molecule has 0 saturated carbocycles. The number of hydrogen-bond donors (Lipinski definition) is 0. The molecule has 0 fully saturated rings. The summed E-state index contributed by atoms with van der Waals surface area (Å²) in [6, 6.07) is 10.3. The molecular formula is C25H27N3O3S. The number of carbonyl (C=O) groups is 1. The Morgan fingerprint density at radius 2 is 2.19 bits per heavy atom. The van der Waals surface area contributed by atoms with Gasteiger partial charge in [0.15, 0.2) is 11.5 Å². The van der Waals surface area contributed by atoms with E-state index in [4.69, 9.17) is 15.9 Å². The number of carbonyl (C=O) groups excluding carboxylic acids is 1. The van der Waals surface area contributed by atoms with Crippen LogP contribution < -0.4 is 9.47 Å². The van der Waals surface area contributed by atoms with Crippen molar-refractivity contribution in [3.63, 3.8) is 0 Å². The number of fused-ring (bicyclic) bond motifs is 1. The Morgan fingerprint density at radius 3 is 2.91 bits per heavy atom. The van der Waals surface area contributed by atoms with Gasteiger partial charge in [-0.15, -0.1) is 23.7 Å². The second kappa shape index (κ2) is 9.92. The lowest BCUT2D eigenvalue weighted by Crippen LogP contribution is -2.33. The predicted molar refractivity (Wildman–Crippen MR) is 126 cm³/mol. The summed E-state index contributed by atoms with van der Waals surface area (Å²) < 4.78 is 13.9. The molecule has 7 heteroatoms. The fourth-order valence-corrected chi connectivity index (χ4v) is 4.57. The van der Waals surface area contributed by atoms with Crippen molar-refractivity contribution in [2.24, 2.45) is 0 Å². The Kier molecular flexibility index (Phi) is 6.81. The Balaban J connectivity index is 1.57. The first kappa shape index (κ1) is 22.0. The summed E-state index contributed by atoms with van der Waals surface area (Å²) in [6.07, 6.45) is 8.21. The van der Waals surface area contributed by atoms with Crippen molar-refractivity contribution in [3.05, 3.63) is 52.7 Å². The van der Waals surface area contributed by atoms with Crippen LogP contribution in [-0.2, 0) is 17.9 Å². The average Bonchev–Trinajstić information content (AvgIpc) is 3.33. The molecule has 0 radical (unpaired) electrons. The van der Waals surface area contributed by atoms with E-state index in [-0.39, 0.29) is 5.91 Å². The van der Waals surface area contributed by atoms with Crippen LogP contribution in [0.2, 0.25) is 0 Å². The highest BCUT2D eigenvalue weighted by Crippen LogP contribution is 2.40. The van der Waals surface area contributed by atoms with E-state index in [1.807, 2.05) is 34.8 Å². The van der Waals surface area contributed by atoms with Gasteiger partial charge < -0.3 is 14.4 Å². The first-order chi connectivity index (χ1) is 15.5. The van der Waals surface area contributed by atoms with Crippen LogP contribution in [-0.4, -0.2) is 40.3 Å². The monoisotopic (exact) mass is 449 g/mol. The maximum Gasteiger partial charge on any atom is 0.224 e. The number of rotatable bonds is 7. The molecule has 0 atom stereocenters. The summed E-state index contributed by atoms with van der Waals surface area (Å²) in [5, 5.41) is 4.37. The molecular weight excluding hydrogens is 422 g/mol. The lowest BCUT2D eigenvalue weighted by molar-refractivity contribution is -0.132. The Bertz CT molecular complexity index is 1140. The third-order valence-corrected chi connectivity index (χ3v) is 6.36. The van der Waals surface area contributed by atoms with E-state index in [0.717, 1.165) is 21.7 Å². The number of benzene rings is 1. The Labute approximate surface area is 192 Å². The molecule has 1 aromatic carbocycles. The van der Waals surface area contributed by atoms with Crippen molar-refractivity contribution >= 4 is 17.2 Å². The molecule has 1 aliphatic rings. The molecule has 6 nitrogen and oxygen atoms in total. The van der Waals surface area contributed by atoms with Gasteiger partial charge in [0, 0.05) is 47.4 Å². The van der Waals surface area contributed by atoms with E-state index < -0.39 is 0 Å². The van der Waals surface area contributed by atoms with Crippen molar-refractivity contribution in [1.82, 2.24) is 14.7 Å². The van der Waals surface area contributed by atoms with Gasteiger partial charge in [0.1, 0.15) is 6.61 Å². The summed E-state index contributed by atoms with van der Waals surface area (Å²) in [7, 11) is 0. The van der Waals surface area contributed by atoms with Gasteiger partial charge in [-0.2, -0.15) is 5.10 Å². The van der Waals surface area contributed by atoms with Gasteiger partial charge in [-0.1, -0.05) is 0 Å². The lowest BCUT2D eigenvalue weighted by Gasteiger charge is -2.20. The van der Waals surface area contributed by atoms with Crippen molar-refractivity contribution in [3.8, 4) is 34.3 Å². The normalized spacial score (nSPS) is 13.1. The van der Waals surface area contributed by atoms with Crippen LogP contribution in [0.1, 0.15) is 29.0 Å². The zero-order chi connectivity index (χ0) is 22.5. The van der Waals surface area contributed by atoms with E-state index in [1.165, 1.54) is 4.88 Å². The van der Waals surface area contributed by atoms with E-state index in [1.54, 1.807) is 11.3 Å². The number of thiophene rings is 1. The fourth-order valence-electron chi connectivity index (χ4n) is 3.71. The molecule has 166 valence electrons. The van der Waals surface area contributed by atoms with Gasteiger partial charge in [0.2, 0.25) is 5.91 Å². The van der Waals surface area contributed by atoms with Gasteiger partial charge in [-0.25, -0.2) is 0 Å². The van der Waals surface area contributed by atoms with Crippen molar-refractivity contribution in [1.29, 1.82) is 0 Å². The summed E-state index contributed by atoms with van der Waals surface area (Å²) in [5.74, 6) is 4.08. The minimum Gasteiger partial charge on any atom is -0.489 e. The highest BCUT2D eigenvalue weighted by molar-refractivity contribution is 7.15. The first-order valence-corrected chi connectivity index (χ1v) is 11.6. The number of nitrogens with zero attached hydrogens (tertiary/aromatic N) is 3. The maximum absolute atomic E-state index is 13.0. The van der Waals surface area contributed by atoms with Crippen molar-refractivity contribution < 1.29 is 14.3 Å². The molecule has 2 aromatic heterocycles. The van der Waals surface area contributed by atoms with Crippen LogP contribution >= 0.6 is 11.3 Å². The smallest absolute Gasteiger partial charge is 0.224 e. The quantitative estimate of drug-likeness (QED) is 0.395. The maximum atomic E-state index is 13.0. The van der Waals surface area contributed by atoms with Crippen LogP contribution in [0.15, 0.2) is 36.5 Å². The van der Waals surface area contributed by atoms with E-state index >= 15 is 0 Å². The molecule has 0 spiro atoms. The minimum atomic E-state index is 0.0850. The molecule has 0 N–H and O–H groups in total. The minimum absolute atomic E-state index is 0.0850. The van der Waals surface area contributed by atoms with Crippen molar-refractivity contribution in [2.75, 3.05) is 19.8 Å². The van der Waals surface area contributed by atoms with Crippen LogP contribution in [0.5, 0.6) is 11.5 Å². The lowest BCUT2D eigenvalue weighted by atomic mass is 10.1. The standard InChI is InChI=1S/C25H27N3O3S/c1-4-5-13-30-22-16-20(23-7-6-19(3)32-23)15-21-17-27(12-14-31-25(21)22)24(29)9-11-28-10-8-18(2)26-28/h1,6-8,10,15-16H,5,9,11-14,17H2,2-3H3. The number of aromatic nitrogens is 2. The predicted octanol–water partition coefficient (Wildman–Crippen LogP) is 4.44. The highest BCUT2D eigenvalue weighted by atomic mass is 32.1. The van der Waals surface area contributed by atoms with Gasteiger partial charge in [0.25, 0.3) is 0 Å². The van der Waals surface area contributed by atoms with E-state index in [9.17, 15) is 4.79 Å². The van der Waals surface area contributed by atoms with Gasteiger partial charge >= 0.3 is 0 Å². The van der Waals surface area contributed by atoms with Crippen LogP contribution in [0.25, 0.3) is 10.4 Å². The van der Waals surface area contributed by atoms with Gasteiger partial charge in [0.05, 0.1) is 18.8 Å². The second-order valence-electron chi connectivity index (χ2n) is 7.81. The summed E-state index contributed by atoms with van der Waals surface area (Å²) in [4.78, 5) is 17.2. The second-order valence-corrected chi connectivity index (χ2v) is 9.10. The molecule has 1 amide bonds. The van der Waals surface area contributed by atoms with E-state index in [2.05, 4.69) is 36.1 Å². The average molecular weight is 450 g/mol. The zero-order valence-corrected chi connectivity index (χ0v) is 19.3. The van der Waals surface area contributed by atoms with Crippen molar-refractivity contribution in [2.45, 2.75) is 39.8 Å². The fraction of sp³-hybridized carbons (Fsp3) is 0.360. The third kappa shape index (κ3) is 5.14. The number of ether oxygens (including phenoxy) is 2. The topological polar surface area (TPSA) is 56.6 Å². The Hall–Kier alpha value is -3.24. The molecule has 3 heterocycles.